The van der Waals surface area contributed by atoms with Gasteiger partial charge in [0, 0.05) is 24.3 Å². The van der Waals surface area contributed by atoms with Gasteiger partial charge in [0.1, 0.15) is 5.82 Å². The van der Waals surface area contributed by atoms with Crippen molar-refractivity contribution < 1.29 is 17.5 Å². The van der Waals surface area contributed by atoms with Gasteiger partial charge >= 0.3 is 0 Å². The van der Waals surface area contributed by atoms with Gasteiger partial charge in [-0.15, -0.1) is 0 Å². The van der Waals surface area contributed by atoms with Crippen LogP contribution < -0.4 is 10.7 Å². The molecule has 0 unspecified atom stereocenters. The van der Waals surface area contributed by atoms with Crippen LogP contribution in [0.2, 0.25) is 5.02 Å². The monoisotopic (exact) mass is 456 g/mol. The highest BCUT2D eigenvalue weighted by molar-refractivity contribution is 7.89. The Kier molecular flexibility index (Phi) is 7.14. The molecule has 0 spiro atoms. The predicted molar refractivity (Wildman–Crippen MR) is 114 cm³/mol. The van der Waals surface area contributed by atoms with Gasteiger partial charge in [-0.05, 0) is 48.6 Å². The molecule has 1 heterocycles. The van der Waals surface area contributed by atoms with E-state index in [0.717, 1.165) is 0 Å². The third-order valence-electron chi connectivity index (χ3n) is 4.08. The van der Waals surface area contributed by atoms with E-state index in [1.54, 1.807) is 18.2 Å². The van der Waals surface area contributed by atoms with Crippen molar-refractivity contribution in [3.63, 3.8) is 0 Å². The quantitative estimate of drug-likeness (QED) is 0.409. The number of halogens is 2. The molecule has 1 fully saturated rings. The Balaban J connectivity index is 1.59. The highest BCUT2D eigenvalue weighted by Crippen LogP contribution is 2.19. The lowest BCUT2D eigenvalue weighted by Gasteiger charge is -2.26. The summed E-state index contributed by atoms with van der Waals surface area (Å²) in [6.45, 7) is 1.44. The summed E-state index contributed by atoms with van der Waals surface area (Å²) >= 11 is 11.0. The second-order valence-electron chi connectivity index (χ2n) is 6.00. The second kappa shape index (κ2) is 9.59. The van der Waals surface area contributed by atoms with Crippen molar-refractivity contribution >= 4 is 50.9 Å². The normalized spacial score (nSPS) is 15.4. The number of hydrazone groups is 1. The molecule has 0 aliphatic carbocycles. The van der Waals surface area contributed by atoms with E-state index in [0.29, 0.717) is 32.0 Å². The van der Waals surface area contributed by atoms with E-state index in [2.05, 4.69) is 15.8 Å². The van der Waals surface area contributed by atoms with Crippen LogP contribution in [0.5, 0.6) is 0 Å². The molecule has 0 saturated carbocycles. The van der Waals surface area contributed by atoms with Gasteiger partial charge in [-0.3, -0.25) is 5.43 Å². The van der Waals surface area contributed by atoms with Crippen molar-refractivity contribution in [2.24, 2.45) is 5.10 Å². The van der Waals surface area contributed by atoms with E-state index in [9.17, 15) is 12.8 Å². The summed E-state index contributed by atoms with van der Waals surface area (Å²) in [7, 11) is -3.55. The van der Waals surface area contributed by atoms with Crippen molar-refractivity contribution in [1.82, 2.24) is 9.73 Å². The molecule has 1 aliphatic rings. The van der Waals surface area contributed by atoms with E-state index >= 15 is 0 Å². The summed E-state index contributed by atoms with van der Waals surface area (Å²) in [6.07, 6.45) is 1.23. The number of morpholine rings is 1. The van der Waals surface area contributed by atoms with Gasteiger partial charge in [0.2, 0.25) is 10.0 Å². The zero-order chi connectivity index (χ0) is 20.9. The number of ether oxygens (including phenoxy) is 1. The fraction of sp³-hybridized carbons (Fsp3) is 0.222. The molecule has 7 nitrogen and oxygen atoms in total. The maximum absolute atomic E-state index is 13.7. The Morgan fingerprint density at radius 2 is 1.90 bits per heavy atom. The number of benzene rings is 2. The smallest absolute Gasteiger partial charge is 0.243 e. The number of hydrogen-bond donors (Lipinski definition) is 2. The van der Waals surface area contributed by atoms with Gasteiger partial charge in [-0.1, -0.05) is 17.7 Å². The molecule has 154 valence electrons. The molecule has 0 amide bonds. The number of anilines is 1. The molecule has 0 atom stereocenters. The van der Waals surface area contributed by atoms with Crippen molar-refractivity contribution in [3.05, 3.63) is 58.9 Å². The number of nitrogens with zero attached hydrogens (tertiary/aromatic N) is 2. The standard InChI is InChI=1S/C18H18ClFN4O3S2/c19-16-2-1-3-17(20)15(16)12-21-23-18(28)22-13-4-6-14(7-5-13)29(25,26)24-8-10-27-11-9-24/h1-7,12H,8-11H2,(H2,22,23,28)/b21-12-. The van der Waals surface area contributed by atoms with E-state index in [1.807, 2.05) is 0 Å². The summed E-state index contributed by atoms with van der Waals surface area (Å²) in [5.41, 5.74) is 3.27. The van der Waals surface area contributed by atoms with Crippen LogP contribution in [0.4, 0.5) is 10.1 Å². The molecule has 1 aliphatic heterocycles. The van der Waals surface area contributed by atoms with Crippen LogP contribution >= 0.6 is 23.8 Å². The molecule has 2 aromatic rings. The minimum atomic E-state index is -3.55. The molecule has 11 heteroatoms. The first kappa shape index (κ1) is 21.6. The summed E-state index contributed by atoms with van der Waals surface area (Å²) in [5, 5.41) is 7.11. The lowest BCUT2D eigenvalue weighted by atomic mass is 10.2. The summed E-state index contributed by atoms with van der Waals surface area (Å²) in [6, 6.07) is 10.5. The number of hydrogen-bond acceptors (Lipinski definition) is 5. The van der Waals surface area contributed by atoms with E-state index in [-0.39, 0.29) is 20.6 Å². The first-order valence-corrected chi connectivity index (χ1v) is 10.8. The van der Waals surface area contributed by atoms with Crippen LogP contribution in [0.3, 0.4) is 0 Å². The molecule has 29 heavy (non-hydrogen) atoms. The lowest BCUT2D eigenvalue weighted by molar-refractivity contribution is 0.0730. The SMILES string of the molecule is O=S(=O)(c1ccc(NC(=S)N/N=C\c2c(F)cccc2Cl)cc1)N1CCOCC1. The molecule has 0 bridgehead atoms. The molecular weight excluding hydrogens is 439 g/mol. The zero-order valence-electron chi connectivity index (χ0n) is 15.1. The van der Waals surface area contributed by atoms with Crippen LogP contribution in [-0.2, 0) is 14.8 Å². The first-order valence-electron chi connectivity index (χ1n) is 8.60. The number of rotatable bonds is 5. The van der Waals surface area contributed by atoms with Gasteiger partial charge in [-0.2, -0.15) is 9.41 Å². The maximum Gasteiger partial charge on any atom is 0.243 e. The Morgan fingerprint density at radius 3 is 2.55 bits per heavy atom. The van der Waals surface area contributed by atoms with Crippen molar-refractivity contribution in [2.75, 3.05) is 31.6 Å². The largest absolute Gasteiger partial charge is 0.379 e. The molecule has 3 rings (SSSR count). The average molecular weight is 457 g/mol. The minimum Gasteiger partial charge on any atom is -0.379 e. The van der Waals surface area contributed by atoms with Crippen molar-refractivity contribution in [1.29, 1.82) is 0 Å². The van der Waals surface area contributed by atoms with Gasteiger partial charge < -0.3 is 10.1 Å². The number of thiocarbonyl (C=S) groups is 1. The maximum atomic E-state index is 13.7. The topological polar surface area (TPSA) is 83.0 Å². The Bertz CT molecular complexity index is 990. The predicted octanol–water partition coefficient (Wildman–Crippen LogP) is 2.82. The van der Waals surface area contributed by atoms with Crippen LogP contribution in [0, 0.1) is 5.82 Å². The van der Waals surface area contributed by atoms with Gasteiger partial charge in [0.25, 0.3) is 0 Å². The van der Waals surface area contributed by atoms with E-state index in [4.69, 9.17) is 28.6 Å². The summed E-state index contributed by atoms with van der Waals surface area (Å²) in [5.74, 6) is -0.501. The molecule has 2 aromatic carbocycles. The lowest BCUT2D eigenvalue weighted by Crippen LogP contribution is -2.40. The van der Waals surface area contributed by atoms with Crippen molar-refractivity contribution in [3.8, 4) is 0 Å². The van der Waals surface area contributed by atoms with E-state index < -0.39 is 15.8 Å². The Hall–Kier alpha value is -2.11. The van der Waals surface area contributed by atoms with Crippen LogP contribution in [-0.4, -0.2) is 50.4 Å². The first-order chi connectivity index (χ1) is 13.9. The fourth-order valence-electron chi connectivity index (χ4n) is 2.59. The molecule has 0 aromatic heterocycles. The highest BCUT2D eigenvalue weighted by atomic mass is 35.5. The van der Waals surface area contributed by atoms with Crippen LogP contribution in [0.1, 0.15) is 5.56 Å². The minimum absolute atomic E-state index is 0.141. The van der Waals surface area contributed by atoms with Crippen LogP contribution in [0.25, 0.3) is 0 Å². The number of nitrogens with one attached hydrogen (secondary N) is 2. The van der Waals surface area contributed by atoms with Gasteiger partial charge in [0.15, 0.2) is 5.11 Å². The third kappa shape index (κ3) is 5.49. The molecule has 1 saturated heterocycles. The van der Waals surface area contributed by atoms with Crippen LogP contribution in [0.15, 0.2) is 52.5 Å². The van der Waals surface area contributed by atoms with Crippen molar-refractivity contribution in [2.45, 2.75) is 4.90 Å². The zero-order valence-corrected chi connectivity index (χ0v) is 17.5. The average Bonchev–Trinajstić information content (AvgIpc) is 2.71. The summed E-state index contributed by atoms with van der Waals surface area (Å²) < 4.78 is 45.5. The number of sulfonamides is 1. The Morgan fingerprint density at radius 1 is 1.21 bits per heavy atom. The fourth-order valence-corrected chi connectivity index (χ4v) is 4.39. The highest BCUT2D eigenvalue weighted by Gasteiger charge is 2.26. The molecular formula is C18H18ClFN4O3S2. The summed E-state index contributed by atoms with van der Waals surface area (Å²) in [4.78, 5) is 0.191. The van der Waals surface area contributed by atoms with Gasteiger partial charge in [0.05, 0.1) is 29.3 Å². The second-order valence-corrected chi connectivity index (χ2v) is 8.75. The van der Waals surface area contributed by atoms with Gasteiger partial charge in [-0.25, -0.2) is 12.8 Å². The molecule has 0 radical (unpaired) electrons. The van der Waals surface area contributed by atoms with E-state index in [1.165, 1.54) is 34.8 Å². The Labute approximate surface area is 178 Å². The molecule has 2 N–H and O–H groups in total. The third-order valence-corrected chi connectivity index (χ3v) is 6.52.